The highest BCUT2D eigenvalue weighted by Crippen LogP contribution is 2.57. The Hall–Kier alpha value is -2.28. The van der Waals surface area contributed by atoms with Gasteiger partial charge in [0.05, 0.1) is 24.7 Å². The first-order valence-electron chi connectivity index (χ1n) is 10.8. The van der Waals surface area contributed by atoms with Gasteiger partial charge in [0.25, 0.3) is 5.56 Å². The molecule has 2 aliphatic heterocycles. The molecule has 5 rings (SSSR count). The Morgan fingerprint density at radius 2 is 2.23 bits per heavy atom. The molecule has 188 valence electrons. The summed E-state index contributed by atoms with van der Waals surface area (Å²) in [5.74, 6) is -0.112. The fourth-order valence-electron chi connectivity index (χ4n) is 4.30. The third-order valence-electron chi connectivity index (χ3n) is 6.11. The topological polar surface area (TPSA) is 171 Å². The zero-order valence-electron chi connectivity index (χ0n) is 18.5. The summed E-state index contributed by atoms with van der Waals surface area (Å²) >= 11 is 6.05. The van der Waals surface area contributed by atoms with Crippen molar-refractivity contribution < 1.29 is 33.1 Å². The number of phosphoric acid groups is 1. The number of aromatic nitrogens is 3. The molecule has 14 heteroatoms. The molecule has 2 saturated heterocycles. The van der Waals surface area contributed by atoms with Crippen LogP contribution in [-0.4, -0.2) is 55.8 Å². The summed E-state index contributed by atoms with van der Waals surface area (Å²) in [6.07, 6.45) is -2.30. The van der Waals surface area contributed by atoms with Crippen LogP contribution in [0.25, 0.3) is 11.0 Å². The Morgan fingerprint density at radius 1 is 1.43 bits per heavy atom. The van der Waals surface area contributed by atoms with Crippen LogP contribution in [0, 0.1) is 0 Å². The van der Waals surface area contributed by atoms with Crippen molar-refractivity contribution in [2.24, 2.45) is 0 Å². The lowest BCUT2D eigenvalue weighted by atomic mass is 9.96. The van der Waals surface area contributed by atoms with Gasteiger partial charge in [-0.25, -0.2) is 4.57 Å². The Labute approximate surface area is 204 Å². The van der Waals surface area contributed by atoms with Gasteiger partial charge in [-0.1, -0.05) is 23.7 Å². The minimum atomic E-state index is -4.00. The van der Waals surface area contributed by atoms with Crippen LogP contribution < -0.4 is 11.3 Å². The highest BCUT2D eigenvalue weighted by molar-refractivity contribution is 7.48. The van der Waals surface area contributed by atoms with E-state index in [1.807, 2.05) is 0 Å². The van der Waals surface area contributed by atoms with Crippen LogP contribution in [0.15, 0.2) is 41.3 Å². The second-order valence-corrected chi connectivity index (χ2v) is 10.7. The first kappa shape index (κ1) is 24.4. The van der Waals surface area contributed by atoms with Gasteiger partial charge in [0.1, 0.15) is 17.8 Å². The molecule has 0 aliphatic carbocycles. The number of hydrogen-bond donors (Lipinski definition) is 4. The number of aromatic amines is 1. The Balaban J connectivity index is 1.33. The van der Waals surface area contributed by atoms with E-state index in [1.54, 1.807) is 24.3 Å². The van der Waals surface area contributed by atoms with Crippen LogP contribution in [0.2, 0.25) is 5.02 Å². The average Bonchev–Trinajstić information content (AvgIpc) is 3.31. The van der Waals surface area contributed by atoms with Gasteiger partial charge in [-0.05, 0) is 30.7 Å². The van der Waals surface area contributed by atoms with E-state index >= 15 is 0 Å². The van der Waals surface area contributed by atoms with Gasteiger partial charge in [-0.2, -0.15) is 4.98 Å². The molecule has 35 heavy (non-hydrogen) atoms. The molecule has 0 saturated carbocycles. The summed E-state index contributed by atoms with van der Waals surface area (Å²) in [4.78, 5) is 18.7. The Kier molecular flexibility index (Phi) is 6.27. The number of halogens is 1. The van der Waals surface area contributed by atoms with Crippen molar-refractivity contribution in [2.45, 2.75) is 43.5 Å². The van der Waals surface area contributed by atoms with E-state index in [0.717, 1.165) is 5.56 Å². The number of nitrogens with one attached hydrogen (secondary N) is 1. The Morgan fingerprint density at radius 3 is 3.00 bits per heavy atom. The van der Waals surface area contributed by atoms with E-state index in [4.69, 9.17) is 35.6 Å². The molecule has 1 aromatic carbocycles. The van der Waals surface area contributed by atoms with E-state index in [2.05, 4.69) is 9.97 Å². The molecule has 2 aliphatic rings. The highest BCUT2D eigenvalue weighted by atomic mass is 35.5. The second kappa shape index (κ2) is 8.99. The molecule has 0 amide bonds. The molecule has 0 spiro atoms. The molecule has 5 N–H and O–H groups in total. The molecular formula is C21H24ClN4O8P. The number of fused-ring (bicyclic) bond motifs is 1. The van der Waals surface area contributed by atoms with Crippen LogP contribution in [-0.2, 0) is 22.9 Å². The number of nitrogens with zero attached hydrogens (tertiary/aromatic N) is 2. The van der Waals surface area contributed by atoms with E-state index < -0.39 is 50.1 Å². The molecule has 1 unspecified atom stereocenters. The molecule has 3 aromatic rings. The summed E-state index contributed by atoms with van der Waals surface area (Å²) in [7, 11) is -4.00. The average molecular weight is 527 g/mol. The lowest BCUT2D eigenvalue weighted by molar-refractivity contribution is -0.0950. The number of ether oxygens (including phenoxy) is 1. The van der Waals surface area contributed by atoms with Crippen LogP contribution >= 0.6 is 19.4 Å². The summed E-state index contributed by atoms with van der Waals surface area (Å²) in [6, 6.07) is 8.48. The molecule has 6 atom stereocenters. The van der Waals surface area contributed by atoms with Gasteiger partial charge in [-0.15, -0.1) is 0 Å². The van der Waals surface area contributed by atoms with Crippen LogP contribution in [0.3, 0.4) is 0 Å². The van der Waals surface area contributed by atoms with Crippen molar-refractivity contribution in [3.63, 3.8) is 0 Å². The predicted octanol–water partition coefficient (Wildman–Crippen LogP) is 2.27. The van der Waals surface area contributed by atoms with E-state index in [9.17, 15) is 19.6 Å². The van der Waals surface area contributed by atoms with Crippen molar-refractivity contribution in [3.8, 4) is 0 Å². The molecule has 4 heterocycles. The standard InChI is InChI=1S/C21H24ClN4O8P/c1-21(29)16(27)15(33-19(21)26-7-5-13-17(26)24-20(23)25-18(13)28)10-32-35(30)31-8-6-14(34-35)11-3-2-4-12(22)9-11/h2-5,7,9,14-16,19,27,29H,6,8,10H2,1H3,(H3,23,24,25,28)/t14-,15-,16-,19-,21-,35?/m1/s1. The summed E-state index contributed by atoms with van der Waals surface area (Å²) in [6.45, 7) is 1.10. The molecule has 0 bridgehead atoms. The fraction of sp³-hybridized carbons (Fsp3) is 0.429. The van der Waals surface area contributed by atoms with Gasteiger partial charge < -0.3 is 25.3 Å². The number of H-pyrrole nitrogens is 1. The smallest absolute Gasteiger partial charge is 0.387 e. The van der Waals surface area contributed by atoms with Gasteiger partial charge in [0, 0.05) is 17.6 Å². The normalized spacial score (nSPS) is 33.4. The fourth-order valence-corrected chi connectivity index (χ4v) is 5.90. The number of nitrogens with two attached hydrogens (primary N) is 1. The summed E-state index contributed by atoms with van der Waals surface area (Å²) in [5.41, 5.74) is 4.29. The number of aliphatic hydroxyl groups excluding tert-OH is 1. The maximum absolute atomic E-state index is 13.1. The second-order valence-electron chi connectivity index (χ2n) is 8.62. The van der Waals surface area contributed by atoms with Crippen LogP contribution in [0.1, 0.15) is 31.2 Å². The predicted molar refractivity (Wildman–Crippen MR) is 125 cm³/mol. The monoisotopic (exact) mass is 526 g/mol. The van der Waals surface area contributed by atoms with Gasteiger partial charge in [-0.3, -0.25) is 23.3 Å². The van der Waals surface area contributed by atoms with Crippen molar-refractivity contribution in [1.29, 1.82) is 0 Å². The van der Waals surface area contributed by atoms with Gasteiger partial charge >= 0.3 is 7.82 Å². The molecule has 12 nitrogen and oxygen atoms in total. The minimum absolute atomic E-state index is 0.112. The third-order valence-corrected chi connectivity index (χ3v) is 7.82. The maximum atomic E-state index is 13.1. The lowest BCUT2D eigenvalue weighted by Crippen LogP contribution is -2.44. The quantitative estimate of drug-likeness (QED) is 0.361. The van der Waals surface area contributed by atoms with Gasteiger partial charge in [0.15, 0.2) is 11.9 Å². The lowest BCUT2D eigenvalue weighted by Gasteiger charge is -2.30. The SMILES string of the molecule is C[C@@]1(O)[C@H](O)[C@@H](COP2(=O)OCC[C@H](c3cccc(Cl)c3)O2)O[C@H]1n1ccc2c(=O)[nH]c(N)nc21. The molecular weight excluding hydrogens is 503 g/mol. The first-order valence-corrected chi connectivity index (χ1v) is 12.7. The summed E-state index contributed by atoms with van der Waals surface area (Å²) < 4.78 is 36.8. The molecule has 0 radical (unpaired) electrons. The zero-order valence-corrected chi connectivity index (χ0v) is 20.2. The first-order chi connectivity index (χ1) is 16.6. The molecule has 2 aromatic heterocycles. The number of nitrogen functional groups attached to an aromatic ring is 1. The van der Waals surface area contributed by atoms with Crippen LogP contribution in [0.5, 0.6) is 0 Å². The number of hydrogen-bond acceptors (Lipinski definition) is 10. The maximum Gasteiger partial charge on any atom is 0.475 e. The van der Waals surface area contributed by atoms with Crippen molar-refractivity contribution in [3.05, 3.63) is 57.5 Å². The third kappa shape index (κ3) is 4.52. The largest absolute Gasteiger partial charge is 0.475 e. The Bertz CT molecular complexity index is 1360. The number of benzene rings is 1. The number of phosphoric ester groups is 1. The van der Waals surface area contributed by atoms with Gasteiger partial charge in [0.2, 0.25) is 5.95 Å². The van der Waals surface area contributed by atoms with E-state index in [1.165, 1.54) is 23.8 Å². The van der Waals surface area contributed by atoms with Crippen molar-refractivity contribution in [1.82, 2.24) is 14.5 Å². The number of rotatable bonds is 5. The number of anilines is 1. The van der Waals surface area contributed by atoms with Crippen molar-refractivity contribution in [2.75, 3.05) is 18.9 Å². The summed E-state index contributed by atoms with van der Waals surface area (Å²) in [5, 5.41) is 22.6. The minimum Gasteiger partial charge on any atom is -0.387 e. The van der Waals surface area contributed by atoms with E-state index in [0.29, 0.717) is 11.4 Å². The van der Waals surface area contributed by atoms with E-state index in [-0.39, 0.29) is 23.6 Å². The van der Waals surface area contributed by atoms with Crippen molar-refractivity contribution >= 4 is 36.4 Å². The number of aliphatic hydroxyl groups is 2. The van der Waals surface area contributed by atoms with Crippen LogP contribution in [0.4, 0.5) is 5.95 Å². The molecule has 2 fully saturated rings. The highest BCUT2D eigenvalue weighted by Gasteiger charge is 2.54. The zero-order chi connectivity index (χ0) is 25.0.